The molecule has 0 aromatic heterocycles. The Bertz CT molecular complexity index is 123. The lowest BCUT2D eigenvalue weighted by atomic mass is 10.4. The second kappa shape index (κ2) is 2.49. The molecule has 10 heavy (non-hydrogen) atoms. The zero-order valence-corrected chi connectivity index (χ0v) is 6.12. The van der Waals surface area contributed by atoms with E-state index in [0.29, 0.717) is 18.9 Å². The average molecular weight is 142 g/mol. The summed E-state index contributed by atoms with van der Waals surface area (Å²) in [5.41, 5.74) is 5.44. The first kappa shape index (κ1) is 6.58. The van der Waals surface area contributed by atoms with E-state index < -0.39 is 0 Å². The minimum Gasteiger partial charge on any atom is -0.352 e. The van der Waals surface area contributed by atoms with Crippen molar-refractivity contribution in [3.05, 3.63) is 0 Å². The molecule has 2 N–H and O–H groups in total. The van der Waals surface area contributed by atoms with Gasteiger partial charge >= 0.3 is 0 Å². The van der Waals surface area contributed by atoms with Crippen molar-refractivity contribution in [1.29, 1.82) is 0 Å². The second-order valence-electron chi connectivity index (χ2n) is 3.04. The Morgan fingerprint density at radius 1 is 1.40 bits per heavy atom. The fourth-order valence-electron chi connectivity index (χ4n) is 1.62. The zero-order valence-electron chi connectivity index (χ0n) is 6.12. The van der Waals surface area contributed by atoms with E-state index in [9.17, 15) is 0 Å². The number of nitrogens with zero attached hydrogens (tertiary/aromatic N) is 1. The smallest absolute Gasteiger partial charge is 0.139 e. The number of hydrogen-bond acceptors (Lipinski definition) is 3. The number of likely N-dealkylation sites (tertiary alicyclic amines) is 1. The van der Waals surface area contributed by atoms with Gasteiger partial charge in [0.05, 0.1) is 0 Å². The van der Waals surface area contributed by atoms with Crippen molar-refractivity contribution in [2.24, 2.45) is 5.73 Å². The van der Waals surface area contributed by atoms with Gasteiger partial charge in [-0.2, -0.15) is 0 Å². The van der Waals surface area contributed by atoms with Gasteiger partial charge in [0.2, 0.25) is 0 Å². The Kier molecular flexibility index (Phi) is 1.64. The summed E-state index contributed by atoms with van der Waals surface area (Å²) in [6, 6.07) is 0. The number of hydrogen-bond donors (Lipinski definition) is 1. The van der Waals surface area contributed by atoms with Crippen LogP contribution in [-0.2, 0) is 4.74 Å². The number of rotatable bonds is 2. The van der Waals surface area contributed by atoms with E-state index in [1.165, 1.54) is 25.9 Å². The van der Waals surface area contributed by atoms with Gasteiger partial charge in [0.1, 0.15) is 12.3 Å². The maximum Gasteiger partial charge on any atom is 0.139 e. The van der Waals surface area contributed by atoms with Crippen LogP contribution in [0.4, 0.5) is 0 Å². The largest absolute Gasteiger partial charge is 0.352 e. The van der Waals surface area contributed by atoms with Gasteiger partial charge in [0.25, 0.3) is 0 Å². The van der Waals surface area contributed by atoms with Gasteiger partial charge in [0, 0.05) is 19.6 Å². The molecule has 0 bridgehead atoms. The van der Waals surface area contributed by atoms with Crippen LogP contribution in [0.15, 0.2) is 0 Å². The zero-order chi connectivity index (χ0) is 6.97. The normalized spacial score (nSPS) is 40.5. The SMILES string of the molecule is NCC1OC1N1CCCC1. The first-order valence-electron chi connectivity index (χ1n) is 4.01. The molecule has 0 aliphatic carbocycles. The van der Waals surface area contributed by atoms with Gasteiger partial charge in [0.15, 0.2) is 0 Å². The van der Waals surface area contributed by atoms with Gasteiger partial charge in [-0.15, -0.1) is 0 Å². The Balaban J connectivity index is 1.79. The summed E-state index contributed by atoms with van der Waals surface area (Å²) in [5.74, 6) is 0. The summed E-state index contributed by atoms with van der Waals surface area (Å²) >= 11 is 0. The van der Waals surface area contributed by atoms with Gasteiger partial charge in [-0.3, -0.25) is 4.90 Å². The molecule has 2 fully saturated rings. The maximum atomic E-state index is 5.44. The highest BCUT2D eigenvalue weighted by Crippen LogP contribution is 2.27. The summed E-state index contributed by atoms with van der Waals surface area (Å²) in [6.07, 6.45) is 3.39. The highest BCUT2D eigenvalue weighted by atomic mass is 16.6. The summed E-state index contributed by atoms with van der Waals surface area (Å²) in [5, 5.41) is 0. The van der Waals surface area contributed by atoms with Gasteiger partial charge < -0.3 is 10.5 Å². The molecule has 2 atom stereocenters. The van der Waals surface area contributed by atoms with E-state index in [0.717, 1.165) is 0 Å². The lowest BCUT2D eigenvalue weighted by Crippen LogP contribution is -2.26. The molecule has 3 heteroatoms. The minimum absolute atomic E-state index is 0.345. The average Bonchev–Trinajstić information content (AvgIpc) is 2.56. The quantitative estimate of drug-likeness (QED) is 0.541. The molecule has 2 saturated heterocycles. The maximum absolute atomic E-state index is 5.44. The van der Waals surface area contributed by atoms with Crippen molar-refractivity contribution in [1.82, 2.24) is 4.90 Å². The van der Waals surface area contributed by atoms with Crippen LogP contribution in [0.3, 0.4) is 0 Å². The van der Waals surface area contributed by atoms with Crippen molar-refractivity contribution in [3.8, 4) is 0 Å². The Labute approximate surface area is 61.1 Å². The van der Waals surface area contributed by atoms with Crippen LogP contribution >= 0.6 is 0 Å². The van der Waals surface area contributed by atoms with Crippen molar-refractivity contribution >= 4 is 0 Å². The van der Waals surface area contributed by atoms with Gasteiger partial charge in [-0.25, -0.2) is 0 Å². The van der Waals surface area contributed by atoms with Crippen LogP contribution in [0.2, 0.25) is 0 Å². The van der Waals surface area contributed by atoms with Crippen LogP contribution in [0.1, 0.15) is 12.8 Å². The van der Waals surface area contributed by atoms with Crippen molar-refractivity contribution < 1.29 is 4.74 Å². The fraction of sp³-hybridized carbons (Fsp3) is 1.00. The van der Waals surface area contributed by atoms with Gasteiger partial charge in [-0.1, -0.05) is 0 Å². The molecule has 2 heterocycles. The molecule has 2 aliphatic heterocycles. The Hall–Kier alpha value is -0.120. The fourth-order valence-corrected chi connectivity index (χ4v) is 1.62. The monoisotopic (exact) mass is 142 g/mol. The van der Waals surface area contributed by atoms with Crippen LogP contribution in [-0.4, -0.2) is 36.9 Å². The van der Waals surface area contributed by atoms with Crippen LogP contribution < -0.4 is 5.73 Å². The Morgan fingerprint density at radius 3 is 2.60 bits per heavy atom. The number of ether oxygens (including phenoxy) is 1. The molecule has 0 aromatic carbocycles. The molecule has 0 spiro atoms. The van der Waals surface area contributed by atoms with E-state index >= 15 is 0 Å². The van der Waals surface area contributed by atoms with E-state index in [4.69, 9.17) is 10.5 Å². The molecule has 0 amide bonds. The van der Waals surface area contributed by atoms with Crippen LogP contribution in [0.25, 0.3) is 0 Å². The third-order valence-corrected chi connectivity index (χ3v) is 2.29. The molecule has 2 rings (SSSR count). The lowest BCUT2D eigenvalue weighted by Gasteiger charge is -2.09. The summed E-state index contributed by atoms with van der Waals surface area (Å²) in [4.78, 5) is 2.39. The molecule has 2 aliphatic rings. The standard InChI is InChI=1S/C7H14N2O/c8-5-6-7(10-6)9-3-1-2-4-9/h6-7H,1-5,8H2. The van der Waals surface area contributed by atoms with Crippen LogP contribution in [0.5, 0.6) is 0 Å². The molecule has 0 radical (unpaired) electrons. The van der Waals surface area contributed by atoms with E-state index in [1.807, 2.05) is 0 Å². The molecular weight excluding hydrogens is 128 g/mol. The molecule has 3 nitrogen and oxygen atoms in total. The Morgan fingerprint density at radius 2 is 2.10 bits per heavy atom. The number of epoxide rings is 1. The highest BCUT2D eigenvalue weighted by molar-refractivity contribution is 4.87. The predicted molar refractivity (Wildman–Crippen MR) is 38.5 cm³/mol. The van der Waals surface area contributed by atoms with Crippen LogP contribution in [0, 0.1) is 0 Å². The van der Waals surface area contributed by atoms with E-state index in [2.05, 4.69) is 4.90 Å². The lowest BCUT2D eigenvalue weighted by molar-refractivity contribution is 0.210. The van der Waals surface area contributed by atoms with E-state index in [-0.39, 0.29) is 0 Å². The molecule has 0 aromatic rings. The molecular formula is C7H14N2O. The van der Waals surface area contributed by atoms with Crippen molar-refractivity contribution in [3.63, 3.8) is 0 Å². The molecule has 0 saturated carbocycles. The number of nitrogens with two attached hydrogens (primary N) is 1. The minimum atomic E-state index is 0.345. The molecule has 2 unspecified atom stereocenters. The second-order valence-corrected chi connectivity index (χ2v) is 3.04. The summed E-state index contributed by atoms with van der Waals surface area (Å²) < 4.78 is 5.35. The highest BCUT2D eigenvalue weighted by Gasteiger charge is 2.42. The third-order valence-electron chi connectivity index (χ3n) is 2.29. The first-order valence-corrected chi connectivity index (χ1v) is 4.01. The molecule has 58 valence electrons. The topological polar surface area (TPSA) is 41.8 Å². The third kappa shape index (κ3) is 1.05. The predicted octanol–water partition coefficient (Wildman–Crippen LogP) is -0.234. The van der Waals surface area contributed by atoms with E-state index in [1.54, 1.807) is 0 Å². The summed E-state index contributed by atoms with van der Waals surface area (Å²) in [7, 11) is 0. The van der Waals surface area contributed by atoms with Crippen molar-refractivity contribution in [2.45, 2.75) is 25.2 Å². The first-order chi connectivity index (χ1) is 4.92. The summed E-state index contributed by atoms with van der Waals surface area (Å²) in [6.45, 7) is 3.10. The van der Waals surface area contributed by atoms with Crippen molar-refractivity contribution in [2.75, 3.05) is 19.6 Å². The van der Waals surface area contributed by atoms with Gasteiger partial charge in [-0.05, 0) is 12.8 Å².